The summed E-state index contributed by atoms with van der Waals surface area (Å²) in [6, 6.07) is 8.28. The lowest BCUT2D eigenvalue weighted by Gasteiger charge is -2.31. The van der Waals surface area contributed by atoms with Crippen LogP contribution in [0.1, 0.15) is 25.8 Å². The molecular weight excluding hydrogens is 450 g/mol. The zero-order valence-electron chi connectivity index (χ0n) is 18.9. The Morgan fingerprint density at radius 1 is 1.21 bits per heavy atom. The smallest absolute Gasteiger partial charge is 0.219 e. The monoisotopic (exact) mass is 473 g/mol. The molecule has 0 unspecified atom stereocenters. The lowest BCUT2D eigenvalue weighted by atomic mass is 10.0. The molecule has 1 amide bonds. The first-order chi connectivity index (χ1) is 16.6. The molecule has 6 rings (SSSR count). The van der Waals surface area contributed by atoms with Crippen LogP contribution in [0.5, 0.6) is 0 Å². The number of benzene rings is 1. The summed E-state index contributed by atoms with van der Waals surface area (Å²) in [5.74, 6) is 1.57. The van der Waals surface area contributed by atoms with Crippen LogP contribution < -0.4 is 5.32 Å². The van der Waals surface area contributed by atoms with E-state index in [4.69, 9.17) is 4.42 Å². The molecule has 0 radical (unpaired) electrons. The number of piperidine rings is 1. The van der Waals surface area contributed by atoms with E-state index in [-0.39, 0.29) is 11.9 Å². The molecule has 5 aromatic rings. The van der Waals surface area contributed by atoms with Crippen LogP contribution in [0.2, 0.25) is 0 Å². The van der Waals surface area contributed by atoms with Crippen molar-refractivity contribution in [3.8, 4) is 22.5 Å². The molecule has 9 nitrogen and oxygen atoms in total. The van der Waals surface area contributed by atoms with Crippen molar-refractivity contribution in [2.45, 2.75) is 25.8 Å². The van der Waals surface area contributed by atoms with Crippen LogP contribution in [-0.4, -0.2) is 55.3 Å². The molecule has 0 saturated carbocycles. The Hall–Kier alpha value is -3.79. The topological polar surface area (TPSA) is 102 Å². The van der Waals surface area contributed by atoms with Crippen molar-refractivity contribution in [3.05, 3.63) is 42.9 Å². The van der Waals surface area contributed by atoms with Crippen molar-refractivity contribution in [2.75, 3.05) is 25.5 Å². The molecule has 34 heavy (non-hydrogen) atoms. The van der Waals surface area contributed by atoms with Crippen LogP contribution in [0, 0.1) is 0 Å². The number of hydrogen-bond donors (Lipinski definition) is 1. The van der Waals surface area contributed by atoms with E-state index in [2.05, 4.69) is 37.2 Å². The number of fused-ring (bicyclic) bond motifs is 2. The number of furan rings is 1. The number of rotatable bonds is 4. The molecule has 1 aromatic carbocycles. The molecule has 172 valence electrons. The van der Waals surface area contributed by atoms with Crippen molar-refractivity contribution in [1.29, 1.82) is 0 Å². The highest BCUT2D eigenvalue weighted by molar-refractivity contribution is 7.13. The third kappa shape index (κ3) is 3.41. The van der Waals surface area contributed by atoms with Crippen LogP contribution >= 0.6 is 11.5 Å². The highest BCUT2D eigenvalue weighted by Crippen LogP contribution is 2.39. The van der Waals surface area contributed by atoms with Gasteiger partial charge in [0, 0.05) is 61.5 Å². The lowest BCUT2D eigenvalue weighted by Crippen LogP contribution is -2.37. The number of likely N-dealkylation sites (tertiary alicyclic amines) is 1. The van der Waals surface area contributed by atoms with Gasteiger partial charge in [-0.25, -0.2) is 4.98 Å². The molecule has 1 aliphatic heterocycles. The predicted octanol–water partition coefficient (Wildman–Crippen LogP) is 4.59. The maximum Gasteiger partial charge on any atom is 0.219 e. The van der Waals surface area contributed by atoms with Gasteiger partial charge < -0.3 is 14.6 Å². The molecular formula is C24H23N7O2S. The normalized spacial score (nSPS) is 14.8. The number of pyridine rings is 1. The molecule has 10 heteroatoms. The molecule has 5 heterocycles. The first-order valence-corrected chi connectivity index (χ1v) is 12.0. The number of hydrogen-bond acceptors (Lipinski definition) is 8. The van der Waals surface area contributed by atoms with Gasteiger partial charge in [-0.05, 0) is 42.6 Å². The number of carbonyl (C=O) groups is 1. The van der Waals surface area contributed by atoms with E-state index < -0.39 is 0 Å². The molecule has 1 fully saturated rings. The van der Waals surface area contributed by atoms with Gasteiger partial charge in [-0.1, -0.05) is 10.6 Å². The van der Waals surface area contributed by atoms with Gasteiger partial charge in [0.05, 0.1) is 16.9 Å². The number of nitrogens with one attached hydrogen (secondary N) is 1. The van der Waals surface area contributed by atoms with E-state index in [1.165, 1.54) is 11.5 Å². The van der Waals surface area contributed by atoms with Crippen molar-refractivity contribution in [2.24, 2.45) is 0 Å². The van der Waals surface area contributed by atoms with Gasteiger partial charge in [0.2, 0.25) is 5.91 Å². The van der Waals surface area contributed by atoms with Crippen molar-refractivity contribution < 1.29 is 9.21 Å². The van der Waals surface area contributed by atoms with E-state index >= 15 is 0 Å². The molecule has 1 saturated heterocycles. The summed E-state index contributed by atoms with van der Waals surface area (Å²) < 4.78 is 13.4. The predicted molar refractivity (Wildman–Crippen MR) is 132 cm³/mol. The zero-order valence-corrected chi connectivity index (χ0v) is 19.7. The van der Waals surface area contributed by atoms with Gasteiger partial charge in [0.1, 0.15) is 11.3 Å². The van der Waals surface area contributed by atoms with Crippen molar-refractivity contribution in [3.63, 3.8) is 0 Å². The van der Waals surface area contributed by atoms with Gasteiger partial charge >= 0.3 is 0 Å². The van der Waals surface area contributed by atoms with Gasteiger partial charge in [-0.3, -0.25) is 9.48 Å². The fourth-order valence-corrected chi connectivity index (χ4v) is 5.37. The second-order valence-corrected chi connectivity index (χ2v) is 9.25. The van der Waals surface area contributed by atoms with Crippen LogP contribution in [0.25, 0.3) is 43.6 Å². The van der Waals surface area contributed by atoms with Crippen LogP contribution in [-0.2, 0) is 4.79 Å². The third-order valence-electron chi connectivity index (χ3n) is 6.53. The summed E-state index contributed by atoms with van der Waals surface area (Å²) in [5, 5.41) is 13.0. The SMILES string of the molecule is CNc1ncc(-c2cnn(C3CCN(C(C)=O)CC3)c2)c2cc(-c3cccc4nnsc34)oc12. The van der Waals surface area contributed by atoms with Gasteiger partial charge in [0.25, 0.3) is 0 Å². The largest absolute Gasteiger partial charge is 0.452 e. The van der Waals surface area contributed by atoms with Crippen molar-refractivity contribution in [1.82, 2.24) is 29.3 Å². The average molecular weight is 474 g/mol. The van der Waals surface area contributed by atoms with E-state index in [0.29, 0.717) is 11.4 Å². The summed E-state index contributed by atoms with van der Waals surface area (Å²) in [6.45, 7) is 3.16. The Labute approximate surface area is 199 Å². The van der Waals surface area contributed by atoms with E-state index in [1.807, 2.05) is 47.2 Å². The lowest BCUT2D eigenvalue weighted by molar-refractivity contribution is -0.130. The fraction of sp³-hybridized carbons (Fsp3) is 0.292. The molecule has 0 aliphatic carbocycles. The number of aromatic nitrogens is 5. The minimum Gasteiger partial charge on any atom is -0.452 e. The van der Waals surface area contributed by atoms with Gasteiger partial charge in [0.15, 0.2) is 11.4 Å². The Balaban J connectivity index is 1.39. The van der Waals surface area contributed by atoms with Crippen LogP contribution in [0.15, 0.2) is 47.3 Å². The van der Waals surface area contributed by atoms with Crippen molar-refractivity contribution >= 4 is 44.4 Å². The minimum absolute atomic E-state index is 0.137. The number of amides is 1. The summed E-state index contributed by atoms with van der Waals surface area (Å²) >= 11 is 1.36. The number of carbonyl (C=O) groups excluding carboxylic acids is 1. The number of anilines is 1. The van der Waals surface area contributed by atoms with Crippen LogP contribution in [0.3, 0.4) is 0 Å². The molecule has 1 aliphatic rings. The molecule has 0 spiro atoms. The second kappa shape index (κ2) is 8.21. The summed E-state index contributed by atoms with van der Waals surface area (Å²) in [5.41, 5.74) is 4.47. The Morgan fingerprint density at radius 3 is 2.85 bits per heavy atom. The fourth-order valence-electron chi connectivity index (χ4n) is 4.69. The maximum atomic E-state index is 11.6. The first kappa shape index (κ1) is 20.8. The zero-order chi connectivity index (χ0) is 23.2. The summed E-state index contributed by atoms with van der Waals surface area (Å²) in [7, 11) is 1.84. The Morgan fingerprint density at radius 2 is 2.06 bits per heavy atom. The summed E-state index contributed by atoms with van der Waals surface area (Å²) in [4.78, 5) is 18.1. The van der Waals surface area contributed by atoms with Gasteiger partial charge in [-0.15, -0.1) is 5.10 Å². The third-order valence-corrected chi connectivity index (χ3v) is 7.31. The van der Waals surface area contributed by atoms with E-state index in [1.54, 1.807) is 6.92 Å². The van der Waals surface area contributed by atoms with Gasteiger partial charge in [-0.2, -0.15) is 5.10 Å². The first-order valence-electron chi connectivity index (χ1n) is 11.2. The molecule has 4 aromatic heterocycles. The van der Waals surface area contributed by atoms with E-state index in [9.17, 15) is 4.79 Å². The second-order valence-electron chi connectivity index (χ2n) is 8.50. The average Bonchev–Trinajstić information content (AvgIpc) is 3.62. The molecule has 1 N–H and O–H groups in total. The quantitative estimate of drug-likeness (QED) is 0.407. The van der Waals surface area contributed by atoms with E-state index in [0.717, 1.165) is 64.0 Å². The van der Waals surface area contributed by atoms with Crippen LogP contribution in [0.4, 0.5) is 5.82 Å². The maximum absolute atomic E-state index is 11.6. The Bertz CT molecular complexity index is 1510. The minimum atomic E-state index is 0.137. The standard InChI is InChI=1S/C24H23N7O2S/c1-14(32)30-8-6-16(7-9-30)31-13-15(11-27-31)19-12-26-24(25-2)22-18(19)10-21(33-22)17-4-3-5-20-23(17)34-29-28-20/h3-5,10-13,16H,6-9H2,1-2H3,(H,25,26). The highest BCUT2D eigenvalue weighted by Gasteiger charge is 2.23. The molecule has 0 atom stereocenters. The number of nitrogens with zero attached hydrogens (tertiary/aromatic N) is 6. The Kier molecular flexibility index (Phi) is 5.02. The molecule has 0 bridgehead atoms. The highest BCUT2D eigenvalue weighted by atomic mass is 32.1. The summed E-state index contributed by atoms with van der Waals surface area (Å²) in [6.07, 6.45) is 7.62.